The zero-order valence-electron chi connectivity index (χ0n) is 40.4. The van der Waals surface area contributed by atoms with Gasteiger partial charge in [-0.2, -0.15) is 0 Å². The van der Waals surface area contributed by atoms with Crippen LogP contribution in [0.5, 0.6) is 0 Å². The van der Waals surface area contributed by atoms with Gasteiger partial charge in [-0.25, -0.2) is 0 Å². The summed E-state index contributed by atoms with van der Waals surface area (Å²) < 4.78 is 0. The van der Waals surface area contributed by atoms with Gasteiger partial charge in [-0.05, 0) is 0 Å². The maximum atomic E-state index is 3.49. The standard InChI is InChI=1S/I107/c1-55-57(4)59(6)61(8)63(10)65(12)67(14)69(16)71(18)73(20)75(22)77(24)79(26)81(28)83(30)85(32)87(34)89(36)91(38)93(40)95(42)97(44)99(46)101(48)103(50)105(52)107(54)106(53)104(51)102(49)100(47)98(45)96(43)94(41)92(39)90(37)88(35)86(33)84(31)82(29)80(27)78(25)76(23)74(21)72(19)70(17)68(15)66(13)64(11)62(9)60(7)58(5)56(2)3/q-1. The van der Waals surface area contributed by atoms with Crippen LogP contribution < -0.4 is 13.3 Å². The van der Waals surface area contributed by atoms with Crippen LogP contribution in [0.4, 0.5) is 0 Å². The molecule has 0 aromatic carbocycles. The molecule has 0 aliphatic rings. The van der Waals surface area contributed by atoms with Gasteiger partial charge in [-0.3, -0.25) is 0 Å². The Kier molecular flexibility index (Phi) is 193. The van der Waals surface area contributed by atoms with Crippen LogP contribution in [0.2, 0.25) is 0 Å². The third-order valence-electron chi connectivity index (χ3n) is 4.20. The van der Waals surface area contributed by atoms with Crippen LogP contribution in [0.1, 0.15) is 0 Å². The van der Waals surface area contributed by atoms with Crippen molar-refractivity contribution < 1.29 is 13.3 Å². The second kappa shape index (κ2) is 112. The SMILES string of the molecule is I[I-]I(I)I(I)I(I)I(I)I(I)I(I)I(I)I(I)I(I)I(I)I(I)I(I)I(I)I(I)I(I)I(I)I(I)I(I)I(I)I(I)I(I)I(I)I(I)I(I)I(I)I(I)I(I)I(I)I(I)I(I)I(I)I(I)I(I)I(I)I(I)I(I)I(I)I(I)I(I)I(I)I(I)I(I)I(I)I(I)I(I)I(I)I(I)I(I)I(I)I(I)I(I)I(I)I. The van der Waals surface area contributed by atoms with Gasteiger partial charge in [0.25, 0.3) is 0 Å². The van der Waals surface area contributed by atoms with Crippen molar-refractivity contribution in [3.63, 3.8) is 0 Å². The van der Waals surface area contributed by atoms with Crippen molar-refractivity contribution in [3.05, 3.63) is 0 Å². The van der Waals surface area contributed by atoms with Crippen LogP contribution in [-0.2, 0) is 0 Å². The average molecular weight is 13600 g/mol. The maximum absolute atomic E-state index is 3.49. The van der Waals surface area contributed by atoms with Crippen LogP contribution in [-0.4, -0.2) is 0 Å². The molecule has 0 aliphatic heterocycles. The second-order valence-electron chi connectivity index (χ2n) is 8.48. The number of rotatable bonds is 52. The summed E-state index contributed by atoms with van der Waals surface area (Å²) in [6, 6.07) is 0. The fourth-order valence-electron chi connectivity index (χ4n) is 1.56. The van der Waals surface area contributed by atoms with Crippen LogP contribution in [0.25, 0.3) is 0 Å². The first-order valence-corrected chi connectivity index (χ1v) is 681. The quantitative estimate of drug-likeness (QED) is 0.0533. The molecule has 0 fully saturated rings. The van der Waals surface area contributed by atoms with Crippen molar-refractivity contribution >= 4 is 1420 Å². The van der Waals surface area contributed by atoms with E-state index in [4.69, 9.17) is 0 Å². The van der Waals surface area contributed by atoms with E-state index < -0.39 is 411 Å². The van der Waals surface area contributed by atoms with E-state index in [1.165, 1.54) is 0 Å². The molecule has 0 unspecified atom stereocenters. The van der Waals surface area contributed by atoms with Crippen LogP contribution >= 0.6 is 1420 Å². The van der Waals surface area contributed by atoms with Gasteiger partial charge in [0.05, 0.1) is 0 Å². The Labute approximate surface area is 1340 Å². The Bertz CT molecular complexity index is 2270. The second-order valence-corrected chi connectivity index (χ2v) is 2560. The molecular formula is I107-. The molecule has 0 aliphatic carbocycles. The Morgan fingerprint density at radius 3 is 0.196 bits per heavy atom. The first-order chi connectivity index (χ1) is 48.7. The van der Waals surface area contributed by atoms with Gasteiger partial charge in [0, 0.05) is 0 Å². The van der Waals surface area contributed by atoms with E-state index in [9.17, 15) is 0 Å². The van der Waals surface area contributed by atoms with E-state index in [2.05, 4.69) is 1010 Å². The van der Waals surface area contributed by atoms with Crippen LogP contribution in [0, 0.1) is 0 Å². The monoisotopic (exact) mass is 13600 g/mol. The summed E-state index contributed by atoms with van der Waals surface area (Å²) in [6.07, 6.45) is 0. The van der Waals surface area contributed by atoms with Gasteiger partial charge in [-0.1, -0.05) is 0 Å². The van der Waals surface area contributed by atoms with E-state index in [1.807, 2.05) is 0 Å². The zero-order valence-corrected chi connectivity index (χ0v) is 271. The molecule has 107 heavy (non-hydrogen) atoms. The van der Waals surface area contributed by atoms with Crippen molar-refractivity contribution in [2.24, 2.45) is 0 Å². The summed E-state index contributed by atoms with van der Waals surface area (Å²) in [5.74, 6) is 0. The van der Waals surface area contributed by atoms with E-state index in [0.717, 1.165) is 0 Å². The third-order valence-corrected chi connectivity index (χ3v) is 8510. The Morgan fingerprint density at radius 2 is 0.140 bits per heavy atom. The average Bonchev–Trinajstić information content (AvgIpc) is 0.823. The van der Waals surface area contributed by atoms with Crippen LogP contribution in [0.3, 0.4) is 0 Å². The minimum atomic E-state index is -0.666. The van der Waals surface area contributed by atoms with Gasteiger partial charge in [-0.15, -0.1) is 0 Å². The molecule has 0 radical (unpaired) electrons. The van der Waals surface area contributed by atoms with Crippen molar-refractivity contribution in [3.8, 4) is 0 Å². The molecule has 0 aromatic rings. The molecule has 0 bridgehead atoms. The van der Waals surface area contributed by atoms with Crippen molar-refractivity contribution in [1.29, 1.82) is 0 Å². The molecule has 0 N–H and O–H groups in total. The summed E-state index contributed by atoms with van der Waals surface area (Å²) >= 11 is 184. The van der Waals surface area contributed by atoms with Gasteiger partial charge in [0.2, 0.25) is 0 Å². The van der Waals surface area contributed by atoms with E-state index in [-0.39, 0.29) is 0 Å². The fourth-order valence-corrected chi connectivity index (χ4v) is 21200. The molecule has 750 valence electrons. The van der Waals surface area contributed by atoms with E-state index in [1.54, 1.807) is 0 Å². The fraction of sp³-hybridized carbons (Fsp3) is 0. The van der Waals surface area contributed by atoms with Gasteiger partial charge in [0.1, 0.15) is 0 Å². The molecule has 0 rings (SSSR count). The van der Waals surface area contributed by atoms with Gasteiger partial charge < -0.3 is 0 Å². The summed E-state index contributed by atoms with van der Waals surface area (Å²) in [5, 5.41) is 0. The van der Waals surface area contributed by atoms with Crippen molar-refractivity contribution in [2.75, 3.05) is 0 Å². The van der Waals surface area contributed by atoms with Crippen molar-refractivity contribution in [2.45, 2.75) is 0 Å². The predicted molar refractivity (Wildman–Crippen MR) is 1490 cm³/mol. The van der Waals surface area contributed by atoms with Crippen molar-refractivity contribution in [1.82, 2.24) is 0 Å². The zero-order chi connectivity index (χ0) is 84.7. The predicted octanol–water partition coefficient (Wildman–Crippen LogP) is 90.9. The van der Waals surface area contributed by atoms with E-state index in [0.29, 0.717) is 13.3 Å². The number of hydrogen-bond donors (Lipinski definition) is 0. The molecule has 0 aromatic heterocycles. The molecule has 0 nitrogen and oxygen atoms in total. The Hall–Kier alpha value is 78.1. The van der Waals surface area contributed by atoms with Gasteiger partial charge in [0.15, 0.2) is 0 Å². The first kappa shape index (κ1) is 185. The Balaban J connectivity index is 5.92. The number of hydrogen-bond acceptors (Lipinski definition) is 0. The topological polar surface area (TPSA) is 0 Å². The summed E-state index contributed by atoms with van der Waals surface area (Å²) in [5.41, 5.74) is 0. The molecule has 107 heteroatoms. The normalized spacial score (nSPS) is 19.2. The molecule has 0 saturated carbocycles. The molecule has 0 atom stereocenters. The summed E-state index contributed by atoms with van der Waals surface area (Å²) in [6.45, 7) is 0. The molecule has 0 saturated heterocycles. The molecule has 0 amide bonds. The van der Waals surface area contributed by atoms with Gasteiger partial charge >= 0.3 is 1430 Å². The van der Waals surface area contributed by atoms with E-state index >= 15 is 0 Å². The molecule has 0 spiro atoms. The van der Waals surface area contributed by atoms with Crippen LogP contribution in [0.15, 0.2) is 0 Å². The molecular weight excluding hydrogens is 13600 g/mol. The Morgan fingerprint density at radius 1 is 0.0841 bits per heavy atom. The summed E-state index contributed by atoms with van der Waals surface area (Å²) in [7, 11) is -32.1. The minimum absolute atomic E-state index is 0.424. The summed E-state index contributed by atoms with van der Waals surface area (Å²) in [4.78, 5) is 0. The first-order valence-electron chi connectivity index (χ1n) is 15.1. The molecule has 0 heterocycles. The third kappa shape index (κ3) is 75.6. The number of halogens is 107.